The van der Waals surface area contributed by atoms with Crippen molar-refractivity contribution in [3.05, 3.63) is 59.7 Å². The fourth-order valence-electron chi connectivity index (χ4n) is 7.58. The molecule has 1 aliphatic heterocycles. The molecule has 1 saturated heterocycles. The first-order valence-electron chi connectivity index (χ1n) is 15.0. The first-order valence-corrected chi connectivity index (χ1v) is 15.0. The molecule has 4 aliphatic rings. The number of carbonyl (C=O) groups is 2. The number of aliphatic hydroxyl groups excluding tert-OH is 2. The Morgan fingerprint density at radius 1 is 1.17 bits per heavy atom. The lowest BCUT2D eigenvalue weighted by molar-refractivity contribution is -0.183. The highest BCUT2D eigenvalue weighted by atomic mass is 16.7. The van der Waals surface area contributed by atoms with Gasteiger partial charge in [-0.2, -0.15) is 5.06 Å². The van der Waals surface area contributed by atoms with Crippen LogP contribution in [0.25, 0.3) is 11.1 Å². The molecule has 0 aromatic heterocycles. The maximum absolute atomic E-state index is 13.9. The monoisotopic (exact) mass is 579 g/mol. The number of benzene rings is 2. The van der Waals surface area contributed by atoms with E-state index in [4.69, 9.17) is 9.68 Å². The third-order valence-corrected chi connectivity index (χ3v) is 10.4. The van der Waals surface area contributed by atoms with Gasteiger partial charge in [0.2, 0.25) is 5.91 Å². The molecule has 1 heterocycles. The molecule has 2 aromatic rings. The Hall–Kier alpha value is -2.82. The van der Waals surface area contributed by atoms with Gasteiger partial charge in [0.1, 0.15) is 12.1 Å². The van der Waals surface area contributed by atoms with E-state index >= 15 is 0 Å². The zero-order valence-corrected chi connectivity index (χ0v) is 25.5. The summed E-state index contributed by atoms with van der Waals surface area (Å²) in [5.41, 5.74) is 3.64. The van der Waals surface area contributed by atoms with Gasteiger partial charge < -0.3 is 15.5 Å². The Kier molecular flexibility index (Phi) is 8.79. The maximum Gasteiger partial charge on any atom is 0.277 e. The highest BCUT2D eigenvalue weighted by Gasteiger charge is 2.57. The molecular weight excluding hydrogens is 534 g/mol. The van der Waals surface area contributed by atoms with E-state index in [0.29, 0.717) is 35.3 Å². The van der Waals surface area contributed by atoms with Gasteiger partial charge in [-0.3, -0.25) is 19.3 Å². The second-order valence-corrected chi connectivity index (χ2v) is 13.0. The van der Waals surface area contributed by atoms with Gasteiger partial charge in [-0.05, 0) is 77.8 Å². The third-order valence-electron chi connectivity index (χ3n) is 10.4. The minimum absolute atomic E-state index is 0.0841. The van der Waals surface area contributed by atoms with Crippen LogP contribution in [0, 0.1) is 29.1 Å². The summed E-state index contributed by atoms with van der Waals surface area (Å²) >= 11 is 0. The molecule has 0 unspecified atom stereocenters. The van der Waals surface area contributed by atoms with Gasteiger partial charge in [0, 0.05) is 24.6 Å². The second-order valence-electron chi connectivity index (χ2n) is 13.0. The number of rotatable bonds is 9. The molecule has 0 radical (unpaired) electrons. The average Bonchev–Trinajstić information content (AvgIpc) is 3.35. The molecule has 2 amide bonds. The molecule has 3 N–H and O–H groups in total. The smallest absolute Gasteiger partial charge is 0.277 e. The van der Waals surface area contributed by atoms with E-state index in [0.717, 1.165) is 23.1 Å². The third kappa shape index (κ3) is 5.61. The van der Waals surface area contributed by atoms with E-state index in [9.17, 15) is 19.8 Å². The van der Waals surface area contributed by atoms with Crippen molar-refractivity contribution in [1.82, 2.24) is 15.4 Å². The normalized spacial score (nSPS) is 30.8. The van der Waals surface area contributed by atoms with Crippen LogP contribution in [0.4, 0.5) is 0 Å². The average molecular weight is 580 g/mol. The number of fused-ring (bicyclic) bond motifs is 2. The van der Waals surface area contributed by atoms with Crippen molar-refractivity contribution in [1.29, 1.82) is 0 Å². The molecule has 4 fully saturated rings. The molecule has 9 nitrogen and oxygen atoms in total. The summed E-state index contributed by atoms with van der Waals surface area (Å²) in [5.74, 6) is 0.600. The van der Waals surface area contributed by atoms with Crippen LogP contribution in [0.1, 0.15) is 56.5 Å². The number of aliphatic hydroxyl groups is 2. The summed E-state index contributed by atoms with van der Waals surface area (Å²) in [4.78, 5) is 37.4. The molecular formula is C33H45N3O6. The van der Waals surface area contributed by atoms with Crippen molar-refractivity contribution in [2.45, 2.75) is 71.4 Å². The van der Waals surface area contributed by atoms with E-state index in [1.165, 1.54) is 18.6 Å². The van der Waals surface area contributed by atoms with Gasteiger partial charge in [0.25, 0.3) is 5.91 Å². The fraction of sp³-hybridized carbons (Fsp3) is 0.576. The Morgan fingerprint density at radius 3 is 2.48 bits per heavy atom. The van der Waals surface area contributed by atoms with Gasteiger partial charge in [-0.25, -0.2) is 5.06 Å². The number of hydrogen-bond donors (Lipinski definition) is 3. The zero-order valence-electron chi connectivity index (χ0n) is 25.5. The SMILES string of the molecule is CON(C)C(=O)c1ccc(-c2cccc(CN3O[C@@H](CO)[C@@H]([C@H](C)O)[C@H]3C(=O)N[C@H]3C[C@@H]4C[C@H]([C@@H]3C)C4(C)C)c2)cc1. The molecule has 9 heteroatoms. The van der Waals surface area contributed by atoms with Crippen LogP contribution in [-0.2, 0) is 21.0 Å². The Morgan fingerprint density at radius 2 is 1.88 bits per heavy atom. The van der Waals surface area contributed by atoms with Gasteiger partial charge in [0.15, 0.2) is 0 Å². The molecule has 2 bridgehead atoms. The molecule has 6 rings (SSSR count). The predicted octanol–water partition coefficient (Wildman–Crippen LogP) is 3.65. The lowest BCUT2D eigenvalue weighted by Gasteiger charge is -2.62. The summed E-state index contributed by atoms with van der Waals surface area (Å²) < 4.78 is 0. The summed E-state index contributed by atoms with van der Waals surface area (Å²) in [7, 11) is 3.01. The van der Waals surface area contributed by atoms with Gasteiger partial charge >= 0.3 is 0 Å². The highest BCUT2D eigenvalue weighted by molar-refractivity contribution is 5.93. The van der Waals surface area contributed by atoms with Crippen molar-refractivity contribution in [3.63, 3.8) is 0 Å². The minimum atomic E-state index is -0.844. The van der Waals surface area contributed by atoms with Crippen LogP contribution >= 0.6 is 0 Å². The number of hydrogen-bond acceptors (Lipinski definition) is 7. The van der Waals surface area contributed by atoms with E-state index in [1.54, 1.807) is 31.2 Å². The molecule has 8 atom stereocenters. The van der Waals surface area contributed by atoms with Gasteiger partial charge in [0.05, 0.1) is 26.4 Å². The zero-order chi connectivity index (χ0) is 30.3. The van der Waals surface area contributed by atoms with Gasteiger partial charge in [-0.1, -0.05) is 51.1 Å². The number of nitrogens with one attached hydrogen (secondary N) is 1. The van der Waals surface area contributed by atoms with Crippen LogP contribution in [0.5, 0.6) is 0 Å². The molecule has 3 saturated carbocycles. The van der Waals surface area contributed by atoms with Gasteiger partial charge in [-0.15, -0.1) is 0 Å². The lowest BCUT2D eigenvalue weighted by Crippen LogP contribution is -2.62. The maximum atomic E-state index is 13.9. The van der Waals surface area contributed by atoms with E-state index in [1.807, 2.05) is 36.4 Å². The fourth-order valence-corrected chi connectivity index (χ4v) is 7.58. The van der Waals surface area contributed by atoms with Crippen molar-refractivity contribution in [2.75, 3.05) is 20.8 Å². The molecule has 42 heavy (non-hydrogen) atoms. The van der Waals surface area contributed by atoms with Crippen LogP contribution < -0.4 is 5.32 Å². The summed E-state index contributed by atoms with van der Waals surface area (Å²) in [6, 6.07) is 14.6. The molecule has 228 valence electrons. The number of carbonyl (C=O) groups excluding carboxylic acids is 2. The van der Waals surface area contributed by atoms with Crippen molar-refractivity contribution in [2.24, 2.45) is 29.1 Å². The van der Waals surface area contributed by atoms with Crippen molar-refractivity contribution < 1.29 is 29.5 Å². The van der Waals surface area contributed by atoms with E-state index < -0.39 is 24.2 Å². The lowest BCUT2D eigenvalue weighted by atomic mass is 9.45. The van der Waals surface area contributed by atoms with Crippen molar-refractivity contribution in [3.8, 4) is 11.1 Å². The quantitative estimate of drug-likeness (QED) is 0.389. The van der Waals surface area contributed by atoms with Crippen LogP contribution in [0.3, 0.4) is 0 Å². The van der Waals surface area contributed by atoms with Crippen LogP contribution in [0.15, 0.2) is 48.5 Å². The largest absolute Gasteiger partial charge is 0.394 e. The number of nitrogens with zero attached hydrogens (tertiary/aromatic N) is 2. The first-order chi connectivity index (χ1) is 20.0. The van der Waals surface area contributed by atoms with Crippen molar-refractivity contribution >= 4 is 11.8 Å². The van der Waals surface area contributed by atoms with E-state index in [2.05, 4.69) is 26.1 Å². The van der Waals surface area contributed by atoms with E-state index in [-0.39, 0.29) is 24.5 Å². The molecule has 0 spiro atoms. The molecule has 2 aromatic carbocycles. The summed E-state index contributed by atoms with van der Waals surface area (Å²) in [6.07, 6.45) is 0.655. The van der Waals surface area contributed by atoms with Crippen LogP contribution in [-0.4, -0.2) is 77.2 Å². The Labute approximate surface area is 248 Å². The minimum Gasteiger partial charge on any atom is -0.394 e. The highest BCUT2D eigenvalue weighted by Crippen LogP contribution is 2.61. The summed E-state index contributed by atoms with van der Waals surface area (Å²) in [6.45, 7) is 8.58. The Balaban J connectivity index is 1.34. The molecule has 3 aliphatic carbocycles. The van der Waals surface area contributed by atoms with Crippen LogP contribution in [0.2, 0.25) is 0 Å². The predicted molar refractivity (Wildman–Crippen MR) is 159 cm³/mol. The first kappa shape index (κ1) is 30.6. The second kappa shape index (κ2) is 12.1. The number of amides is 2. The Bertz CT molecular complexity index is 1280. The number of hydroxylamine groups is 4. The summed E-state index contributed by atoms with van der Waals surface area (Å²) in [5, 5.41) is 26.9. The topological polar surface area (TPSA) is 112 Å². The standard InChI is InChI=1S/C33H45N3O6/c1-19-26-15-25(33(26,3)4)16-27(19)34-31(39)30-29(20(2)38)28(18-37)42-36(30)17-21-8-7-9-24(14-21)22-10-12-23(13-11-22)32(40)35(5)41-6/h7-14,19-20,25-30,37-38H,15-18H2,1-6H3,(H,34,39)/t19-,20-,25-,26+,27-,28-,29+,30-/m0/s1.